The topological polar surface area (TPSA) is 47.3 Å². The van der Waals surface area contributed by atoms with E-state index in [0.29, 0.717) is 5.76 Å². The van der Waals surface area contributed by atoms with Crippen molar-refractivity contribution in [3.8, 4) is 11.3 Å². The molecule has 2 aromatic rings. The first-order valence-electron chi connectivity index (χ1n) is 4.86. The summed E-state index contributed by atoms with van der Waals surface area (Å²) in [5, 5.41) is 0. The van der Waals surface area contributed by atoms with Gasteiger partial charge in [-0.1, -0.05) is 24.3 Å². The molecule has 1 heterocycles. The zero-order chi connectivity index (χ0) is 11.6. The number of rotatable bonds is 3. The van der Waals surface area contributed by atoms with Crippen LogP contribution in [-0.4, -0.2) is 14.7 Å². The largest absolute Gasteiger partial charge is 0.464 e. The van der Waals surface area contributed by atoms with Gasteiger partial charge in [-0.3, -0.25) is 0 Å². The highest BCUT2D eigenvalue weighted by Gasteiger charge is 2.11. The molecule has 1 aromatic heterocycles. The van der Waals surface area contributed by atoms with Gasteiger partial charge in [0.1, 0.15) is 5.76 Å². The highest BCUT2D eigenvalue weighted by molar-refractivity contribution is 7.89. The summed E-state index contributed by atoms with van der Waals surface area (Å²) in [7, 11) is -3.03. The SMILES string of the molecule is CS(=O)(=O)Cc1ccccc1-c1ccco1. The zero-order valence-electron chi connectivity index (χ0n) is 8.88. The van der Waals surface area contributed by atoms with Crippen LogP contribution in [0, 0.1) is 0 Å². The van der Waals surface area contributed by atoms with Crippen molar-refractivity contribution in [3.05, 3.63) is 48.2 Å². The first-order chi connectivity index (χ1) is 7.56. The summed E-state index contributed by atoms with van der Waals surface area (Å²) in [6.45, 7) is 0. The van der Waals surface area contributed by atoms with Gasteiger partial charge in [0.15, 0.2) is 9.84 Å². The molecule has 0 aliphatic rings. The van der Waals surface area contributed by atoms with Gasteiger partial charge in [-0.05, 0) is 17.7 Å². The summed E-state index contributed by atoms with van der Waals surface area (Å²) >= 11 is 0. The smallest absolute Gasteiger partial charge is 0.151 e. The normalized spacial score (nSPS) is 11.6. The quantitative estimate of drug-likeness (QED) is 0.822. The molecule has 3 nitrogen and oxygen atoms in total. The summed E-state index contributed by atoms with van der Waals surface area (Å²) in [6, 6.07) is 11.0. The molecule has 0 bridgehead atoms. The van der Waals surface area contributed by atoms with Crippen molar-refractivity contribution < 1.29 is 12.8 Å². The maximum absolute atomic E-state index is 11.3. The second-order valence-electron chi connectivity index (χ2n) is 3.70. The molecule has 1 aromatic carbocycles. The molecule has 84 valence electrons. The van der Waals surface area contributed by atoms with Crippen molar-refractivity contribution >= 4 is 9.84 Å². The highest BCUT2D eigenvalue weighted by Crippen LogP contribution is 2.25. The minimum absolute atomic E-state index is 0.0316. The van der Waals surface area contributed by atoms with Crippen LogP contribution in [-0.2, 0) is 15.6 Å². The average molecular weight is 236 g/mol. The Bertz CT molecular complexity index is 568. The lowest BCUT2D eigenvalue weighted by Gasteiger charge is -2.05. The van der Waals surface area contributed by atoms with Gasteiger partial charge in [0.25, 0.3) is 0 Å². The van der Waals surface area contributed by atoms with Crippen molar-refractivity contribution in [2.24, 2.45) is 0 Å². The first kappa shape index (κ1) is 11.0. The summed E-state index contributed by atoms with van der Waals surface area (Å²) in [4.78, 5) is 0. The number of hydrogen-bond donors (Lipinski definition) is 0. The van der Waals surface area contributed by atoms with Crippen LogP contribution in [0.1, 0.15) is 5.56 Å². The van der Waals surface area contributed by atoms with Gasteiger partial charge in [0.2, 0.25) is 0 Å². The second-order valence-corrected chi connectivity index (χ2v) is 5.84. The fourth-order valence-electron chi connectivity index (χ4n) is 1.60. The molecule has 2 rings (SSSR count). The van der Waals surface area contributed by atoms with Crippen LogP contribution < -0.4 is 0 Å². The lowest BCUT2D eigenvalue weighted by molar-refractivity contribution is 0.581. The summed E-state index contributed by atoms with van der Waals surface area (Å²) < 4.78 is 27.9. The number of hydrogen-bond acceptors (Lipinski definition) is 3. The highest BCUT2D eigenvalue weighted by atomic mass is 32.2. The number of benzene rings is 1. The second kappa shape index (κ2) is 4.14. The van der Waals surface area contributed by atoms with E-state index in [4.69, 9.17) is 4.42 Å². The molecule has 0 atom stereocenters. The van der Waals surface area contributed by atoms with Crippen LogP contribution in [0.4, 0.5) is 0 Å². The predicted octanol–water partition coefficient (Wildman–Crippen LogP) is 2.49. The molecule has 0 unspecified atom stereocenters. The van der Waals surface area contributed by atoms with Gasteiger partial charge in [0, 0.05) is 11.8 Å². The standard InChI is InChI=1S/C12H12O3S/c1-16(13,14)9-10-5-2-3-6-11(10)12-7-4-8-15-12/h2-8H,9H2,1H3. The van der Waals surface area contributed by atoms with Crippen LogP contribution >= 0.6 is 0 Å². The van der Waals surface area contributed by atoms with Crippen LogP contribution in [0.2, 0.25) is 0 Å². The Morgan fingerprint density at radius 1 is 1.12 bits per heavy atom. The van der Waals surface area contributed by atoms with Gasteiger partial charge >= 0.3 is 0 Å². The van der Waals surface area contributed by atoms with Crippen molar-refractivity contribution in [2.75, 3.05) is 6.26 Å². The fourth-order valence-corrected chi connectivity index (χ4v) is 2.42. The van der Waals surface area contributed by atoms with E-state index in [9.17, 15) is 8.42 Å². The lowest BCUT2D eigenvalue weighted by Crippen LogP contribution is -2.01. The molecule has 0 radical (unpaired) electrons. The molecule has 4 heteroatoms. The Balaban J connectivity index is 2.47. The molecule has 0 amide bonds. The van der Waals surface area contributed by atoms with E-state index in [2.05, 4.69) is 0 Å². The van der Waals surface area contributed by atoms with E-state index in [0.717, 1.165) is 11.1 Å². The Hall–Kier alpha value is -1.55. The third-order valence-corrected chi connectivity index (χ3v) is 3.06. The van der Waals surface area contributed by atoms with Gasteiger partial charge in [0.05, 0.1) is 12.0 Å². The lowest BCUT2D eigenvalue weighted by atomic mass is 10.1. The van der Waals surface area contributed by atoms with Crippen LogP contribution in [0.3, 0.4) is 0 Å². The minimum atomic E-state index is -3.03. The maximum Gasteiger partial charge on any atom is 0.151 e. The predicted molar refractivity (Wildman–Crippen MR) is 62.7 cm³/mol. The molecule has 0 saturated heterocycles. The molecule has 0 saturated carbocycles. The van der Waals surface area contributed by atoms with Crippen LogP contribution in [0.25, 0.3) is 11.3 Å². The van der Waals surface area contributed by atoms with Crippen LogP contribution in [0.15, 0.2) is 47.1 Å². The maximum atomic E-state index is 11.3. The summed E-state index contributed by atoms with van der Waals surface area (Å²) in [5.41, 5.74) is 1.60. The van der Waals surface area contributed by atoms with Gasteiger partial charge in [-0.25, -0.2) is 8.42 Å². The van der Waals surface area contributed by atoms with Crippen molar-refractivity contribution in [2.45, 2.75) is 5.75 Å². The third kappa shape index (κ3) is 2.52. The number of sulfone groups is 1. The average Bonchev–Trinajstić information content (AvgIpc) is 2.69. The molecule has 0 aliphatic heterocycles. The van der Waals surface area contributed by atoms with Gasteiger partial charge in [-0.15, -0.1) is 0 Å². The third-order valence-electron chi connectivity index (χ3n) is 2.22. The number of furan rings is 1. The Morgan fingerprint density at radius 3 is 2.50 bits per heavy atom. The van der Waals surface area contributed by atoms with E-state index < -0.39 is 9.84 Å². The van der Waals surface area contributed by atoms with E-state index >= 15 is 0 Å². The summed E-state index contributed by atoms with van der Waals surface area (Å²) in [5.74, 6) is 0.725. The first-order valence-corrected chi connectivity index (χ1v) is 6.92. The van der Waals surface area contributed by atoms with E-state index in [1.165, 1.54) is 6.26 Å². The van der Waals surface area contributed by atoms with Crippen molar-refractivity contribution in [1.29, 1.82) is 0 Å². The molecule has 0 fully saturated rings. The fraction of sp³-hybridized carbons (Fsp3) is 0.167. The van der Waals surface area contributed by atoms with Gasteiger partial charge in [-0.2, -0.15) is 0 Å². The molecule has 0 aliphatic carbocycles. The molecule has 0 spiro atoms. The molecule has 16 heavy (non-hydrogen) atoms. The Kier molecular flexibility index (Phi) is 2.83. The zero-order valence-corrected chi connectivity index (χ0v) is 9.70. The Labute approximate surface area is 94.6 Å². The monoisotopic (exact) mass is 236 g/mol. The minimum Gasteiger partial charge on any atom is -0.464 e. The molecule has 0 N–H and O–H groups in total. The van der Waals surface area contributed by atoms with E-state index in [-0.39, 0.29) is 5.75 Å². The van der Waals surface area contributed by atoms with Gasteiger partial charge < -0.3 is 4.42 Å². The van der Waals surface area contributed by atoms with Crippen LogP contribution in [0.5, 0.6) is 0 Å². The Morgan fingerprint density at radius 2 is 1.88 bits per heavy atom. The molecular formula is C12H12O3S. The van der Waals surface area contributed by atoms with E-state index in [1.807, 2.05) is 24.3 Å². The summed E-state index contributed by atoms with van der Waals surface area (Å²) in [6.07, 6.45) is 2.80. The van der Waals surface area contributed by atoms with E-state index in [1.54, 1.807) is 18.4 Å². The van der Waals surface area contributed by atoms with Crippen molar-refractivity contribution in [1.82, 2.24) is 0 Å². The van der Waals surface area contributed by atoms with Crippen molar-refractivity contribution in [3.63, 3.8) is 0 Å². The molecular weight excluding hydrogens is 224 g/mol.